The molecule has 0 radical (unpaired) electrons. The van der Waals surface area contributed by atoms with Gasteiger partial charge in [0.1, 0.15) is 5.75 Å². The maximum Gasteiger partial charge on any atom is 0.416 e. The first-order valence-corrected chi connectivity index (χ1v) is 11.5. The number of anilines is 1. The molecule has 0 spiro atoms. The molecule has 0 saturated heterocycles. The number of hydrogen-bond donors (Lipinski definition) is 1. The molecule has 1 aromatic heterocycles. The van der Waals surface area contributed by atoms with Crippen molar-refractivity contribution in [3.05, 3.63) is 83.9 Å². The highest BCUT2D eigenvalue weighted by molar-refractivity contribution is 6.04. The van der Waals surface area contributed by atoms with Gasteiger partial charge in [-0.3, -0.25) is 4.79 Å². The summed E-state index contributed by atoms with van der Waals surface area (Å²) in [6.07, 6.45) is -4.50. The number of amides is 1. The maximum atomic E-state index is 13.3. The molecule has 4 aromatic rings. The summed E-state index contributed by atoms with van der Waals surface area (Å²) < 4.78 is 52.2. The zero-order valence-electron chi connectivity index (χ0n) is 20.4. The fourth-order valence-electron chi connectivity index (χ4n) is 3.45. The van der Waals surface area contributed by atoms with Gasteiger partial charge < -0.3 is 14.8 Å². The van der Waals surface area contributed by atoms with Gasteiger partial charge >= 0.3 is 12.2 Å². The lowest BCUT2D eigenvalue weighted by molar-refractivity contribution is -0.137. The van der Waals surface area contributed by atoms with Gasteiger partial charge in [-0.1, -0.05) is 32.0 Å². The van der Waals surface area contributed by atoms with Crippen LogP contribution in [-0.2, 0) is 6.18 Å². The van der Waals surface area contributed by atoms with Crippen LogP contribution in [0.5, 0.6) is 11.8 Å². The molecule has 4 rings (SSSR count). The Morgan fingerprint density at radius 1 is 1.03 bits per heavy atom. The molecule has 0 atom stereocenters. The van der Waals surface area contributed by atoms with E-state index in [2.05, 4.69) is 15.4 Å². The molecule has 0 aliphatic rings. The van der Waals surface area contributed by atoms with Crippen LogP contribution >= 0.6 is 0 Å². The summed E-state index contributed by atoms with van der Waals surface area (Å²) >= 11 is 0. The average Bonchev–Trinajstić information content (AvgIpc) is 3.32. The second-order valence-corrected chi connectivity index (χ2v) is 8.65. The van der Waals surface area contributed by atoms with E-state index in [-0.39, 0.29) is 29.2 Å². The lowest BCUT2D eigenvalue weighted by Gasteiger charge is -2.10. The van der Waals surface area contributed by atoms with E-state index in [0.717, 1.165) is 12.1 Å². The standard InChI is InChI=1S/C27H25F3N4O3/c1-17(2)16-37-26-32-24(18-6-4-8-20(14-18)27(28,29)30)34(33-26)22-12-10-21(11-13-22)31-25(35)19-7-5-9-23(15-19)36-3/h4-15,17H,16H2,1-3H3,(H,31,35). The molecular formula is C27H25F3N4O3. The molecule has 0 bridgehead atoms. The van der Waals surface area contributed by atoms with Gasteiger partial charge in [0, 0.05) is 16.8 Å². The van der Waals surface area contributed by atoms with Crippen molar-refractivity contribution in [3.8, 4) is 28.8 Å². The number of aromatic nitrogens is 3. The second-order valence-electron chi connectivity index (χ2n) is 8.65. The smallest absolute Gasteiger partial charge is 0.416 e. The summed E-state index contributed by atoms with van der Waals surface area (Å²) in [4.78, 5) is 17.0. The summed E-state index contributed by atoms with van der Waals surface area (Å²) in [6.45, 7) is 4.27. The molecule has 0 saturated carbocycles. The molecule has 1 amide bonds. The van der Waals surface area contributed by atoms with E-state index < -0.39 is 11.7 Å². The number of alkyl halides is 3. The zero-order chi connectivity index (χ0) is 26.6. The Hall–Kier alpha value is -4.34. The van der Waals surface area contributed by atoms with Crippen LogP contribution in [0.3, 0.4) is 0 Å². The molecule has 1 N–H and O–H groups in total. The quantitative estimate of drug-likeness (QED) is 0.303. The fourth-order valence-corrected chi connectivity index (χ4v) is 3.45. The van der Waals surface area contributed by atoms with Gasteiger partial charge in [0.2, 0.25) is 0 Å². The minimum Gasteiger partial charge on any atom is -0.497 e. The van der Waals surface area contributed by atoms with E-state index in [1.54, 1.807) is 48.5 Å². The monoisotopic (exact) mass is 510 g/mol. The Morgan fingerprint density at radius 2 is 1.76 bits per heavy atom. The highest BCUT2D eigenvalue weighted by atomic mass is 19.4. The molecule has 1 heterocycles. The number of methoxy groups -OCH3 is 1. The van der Waals surface area contributed by atoms with Gasteiger partial charge in [-0.25, -0.2) is 4.68 Å². The van der Waals surface area contributed by atoms with E-state index >= 15 is 0 Å². The Kier molecular flexibility index (Phi) is 7.47. The molecule has 0 aliphatic carbocycles. The predicted molar refractivity (Wildman–Crippen MR) is 133 cm³/mol. The van der Waals surface area contributed by atoms with Gasteiger partial charge in [0.25, 0.3) is 5.91 Å². The Bertz CT molecular complexity index is 1380. The Labute approximate surface area is 211 Å². The third kappa shape index (κ3) is 6.27. The third-order valence-corrected chi connectivity index (χ3v) is 5.28. The molecule has 192 valence electrons. The van der Waals surface area contributed by atoms with Gasteiger partial charge in [-0.2, -0.15) is 18.2 Å². The van der Waals surface area contributed by atoms with Crippen molar-refractivity contribution < 1.29 is 27.4 Å². The van der Waals surface area contributed by atoms with E-state index in [0.29, 0.717) is 29.3 Å². The summed E-state index contributed by atoms with van der Waals surface area (Å²) in [5, 5.41) is 7.19. The van der Waals surface area contributed by atoms with Crippen molar-refractivity contribution in [3.63, 3.8) is 0 Å². The second kappa shape index (κ2) is 10.7. The number of rotatable bonds is 8. The number of carbonyl (C=O) groups excluding carboxylic acids is 1. The largest absolute Gasteiger partial charge is 0.497 e. The van der Waals surface area contributed by atoms with Crippen molar-refractivity contribution in [2.24, 2.45) is 5.92 Å². The number of halogens is 3. The van der Waals surface area contributed by atoms with Crippen LogP contribution in [0.2, 0.25) is 0 Å². The predicted octanol–water partition coefficient (Wildman–Crippen LogP) is 6.25. The minimum absolute atomic E-state index is 0.0523. The third-order valence-electron chi connectivity index (χ3n) is 5.28. The molecule has 37 heavy (non-hydrogen) atoms. The molecule has 0 fully saturated rings. The van der Waals surface area contributed by atoms with Gasteiger partial charge in [0.15, 0.2) is 5.82 Å². The number of carbonyl (C=O) groups is 1. The van der Waals surface area contributed by atoms with E-state index in [1.165, 1.54) is 23.9 Å². The van der Waals surface area contributed by atoms with Crippen LogP contribution in [-0.4, -0.2) is 34.4 Å². The number of nitrogens with one attached hydrogen (secondary N) is 1. The lowest BCUT2D eigenvalue weighted by Crippen LogP contribution is -2.12. The van der Waals surface area contributed by atoms with Gasteiger partial charge in [-0.15, -0.1) is 5.10 Å². The first kappa shape index (κ1) is 25.7. The zero-order valence-corrected chi connectivity index (χ0v) is 20.4. The highest BCUT2D eigenvalue weighted by Gasteiger charge is 2.31. The number of nitrogens with zero attached hydrogens (tertiary/aromatic N) is 3. The van der Waals surface area contributed by atoms with Crippen LogP contribution in [0.4, 0.5) is 18.9 Å². The SMILES string of the molecule is COc1cccc(C(=O)Nc2ccc(-n3nc(OCC(C)C)nc3-c3cccc(C(F)(F)F)c3)cc2)c1. The highest BCUT2D eigenvalue weighted by Crippen LogP contribution is 2.33. The maximum absolute atomic E-state index is 13.3. The van der Waals surface area contributed by atoms with Crippen LogP contribution in [0.1, 0.15) is 29.8 Å². The van der Waals surface area contributed by atoms with Crippen molar-refractivity contribution in [2.45, 2.75) is 20.0 Å². The van der Waals surface area contributed by atoms with Crippen molar-refractivity contribution in [2.75, 3.05) is 19.0 Å². The lowest BCUT2D eigenvalue weighted by atomic mass is 10.1. The molecular weight excluding hydrogens is 485 g/mol. The van der Waals surface area contributed by atoms with Crippen LogP contribution in [0.15, 0.2) is 72.8 Å². The first-order chi connectivity index (χ1) is 17.6. The number of benzene rings is 3. The van der Waals surface area contributed by atoms with Gasteiger partial charge in [-0.05, 0) is 60.5 Å². The normalized spacial score (nSPS) is 11.4. The molecule has 0 aliphatic heterocycles. The average molecular weight is 511 g/mol. The summed E-state index contributed by atoms with van der Waals surface area (Å²) in [6, 6.07) is 18.4. The number of hydrogen-bond acceptors (Lipinski definition) is 5. The number of ether oxygens (including phenoxy) is 2. The molecule has 7 nitrogen and oxygen atoms in total. The van der Waals surface area contributed by atoms with Crippen LogP contribution < -0.4 is 14.8 Å². The van der Waals surface area contributed by atoms with E-state index in [9.17, 15) is 18.0 Å². The topological polar surface area (TPSA) is 78.3 Å². The minimum atomic E-state index is -4.50. The van der Waals surface area contributed by atoms with E-state index in [1.807, 2.05) is 13.8 Å². The summed E-state index contributed by atoms with van der Waals surface area (Å²) in [7, 11) is 1.52. The van der Waals surface area contributed by atoms with Crippen molar-refractivity contribution in [1.29, 1.82) is 0 Å². The first-order valence-electron chi connectivity index (χ1n) is 11.5. The van der Waals surface area contributed by atoms with Crippen LogP contribution in [0, 0.1) is 5.92 Å². The molecule has 0 unspecified atom stereocenters. The van der Waals surface area contributed by atoms with Crippen molar-refractivity contribution >= 4 is 11.6 Å². The van der Waals surface area contributed by atoms with Crippen LogP contribution in [0.25, 0.3) is 17.1 Å². The van der Waals surface area contributed by atoms with Gasteiger partial charge in [0.05, 0.1) is 25.0 Å². The summed E-state index contributed by atoms with van der Waals surface area (Å²) in [5.74, 6) is 0.641. The summed E-state index contributed by atoms with van der Waals surface area (Å²) in [5.41, 5.74) is 0.919. The Balaban J connectivity index is 1.64. The fraction of sp³-hybridized carbons (Fsp3) is 0.222. The van der Waals surface area contributed by atoms with E-state index in [4.69, 9.17) is 9.47 Å². The molecule has 3 aromatic carbocycles. The Morgan fingerprint density at radius 3 is 2.43 bits per heavy atom. The van der Waals surface area contributed by atoms with Crippen molar-refractivity contribution in [1.82, 2.24) is 14.8 Å². The molecule has 10 heteroatoms.